The molecule has 15 nitrogen and oxygen atoms in total. The van der Waals surface area contributed by atoms with Crippen LogP contribution in [-0.2, 0) is 25.2 Å². The Kier molecular flexibility index (Phi) is 7.94. The van der Waals surface area contributed by atoms with Crippen molar-refractivity contribution in [2.45, 2.75) is 18.7 Å². The fraction of sp³-hybridized carbons (Fsp3) is 0.250. The maximum atomic E-state index is 13.6. The number of hydrogen-bond acceptors (Lipinski definition) is 10. The van der Waals surface area contributed by atoms with Crippen LogP contribution in [0.5, 0.6) is 0 Å². The van der Waals surface area contributed by atoms with Crippen molar-refractivity contribution < 1.29 is 37.0 Å². The highest BCUT2D eigenvalue weighted by atomic mass is 32.2. The lowest BCUT2D eigenvalue weighted by Crippen LogP contribution is -2.50. The highest BCUT2D eigenvalue weighted by molar-refractivity contribution is 7.89. The summed E-state index contributed by atoms with van der Waals surface area (Å²) in [6.45, 7) is 2.17. The summed E-state index contributed by atoms with van der Waals surface area (Å²) in [6.07, 6.45) is 2.45. The molecular formula is C28H27FN8O7S. The average molecular weight is 639 g/mol. The Balaban J connectivity index is 1.18. The van der Waals surface area contributed by atoms with Gasteiger partial charge in [-0.05, 0) is 42.8 Å². The van der Waals surface area contributed by atoms with Gasteiger partial charge in [-0.2, -0.15) is 14.3 Å². The van der Waals surface area contributed by atoms with Gasteiger partial charge in [0.2, 0.25) is 0 Å². The van der Waals surface area contributed by atoms with Crippen molar-refractivity contribution in [3.05, 3.63) is 78.1 Å². The number of fused-ring (bicyclic) bond motifs is 2. The van der Waals surface area contributed by atoms with E-state index in [2.05, 4.69) is 25.8 Å². The summed E-state index contributed by atoms with van der Waals surface area (Å²) < 4.78 is 52.8. The summed E-state index contributed by atoms with van der Waals surface area (Å²) >= 11 is 0. The van der Waals surface area contributed by atoms with Crippen molar-refractivity contribution in [1.29, 1.82) is 0 Å². The van der Waals surface area contributed by atoms with Crippen molar-refractivity contribution in [3.63, 3.8) is 0 Å². The van der Waals surface area contributed by atoms with Gasteiger partial charge in [0.15, 0.2) is 5.82 Å². The van der Waals surface area contributed by atoms with Crippen LogP contribution in [-0.4, -0.2) is 86.8 Å². The number of amides is 2. The molecule has 1 unspecified atom stereocenters. The molecule has 0 aliphatic carbocycles. The molecule has 45 heavy (non-hydrogen) atoms. The van der Waals surface area contributed by atoms with Crippen molar-refractivity contribution in [1.82, 2.24) is 28.7 Å². The maximum Gasteiger partial charge on any atom is 0.411 e. The van der Waals surface area contributed by atoms with Crippen LogP contribution in [0, 0.1) is 12.7 Å². The maximum absolute atomic E-state index is 13.6. The van der Waals surface area contributed by atoms with Crippen molar-refractivity contribution in [2.24, 2.45) is 0 Å². The van der Waals surface area contributed by atoms with Gasteiger partial charge < -0.3 is 19.9 Å². The normalized spacial score (nSPS) is 15.3. The van der Waals surface area contributed by atoms with Crippen LogP contribution in [0.25, 0.3) is 16.4 Å². The molecule has 6 rings (SSSR count). The predicted octanol–water partition coefficient (Wildman–Crippen LogP) is 3.58. The number of anilines is 3. The molecule has 0 saturated carbocycles. The van der Waals surface area contributed by atoms with Gasteiger partial charge in [-0.3, -0.25) is 10.2 Å². The number of aromatic nitrogens is 5. The molecule has 0 spiro atoms. The van der Waals surface area contributed by atoms with Gasteiger partial charge >= 0.3 is 12.2 Å². The van der Waals surface area contributed by atoms with Crippen LogP contribution < -0.4 is 10.6 Å². The lowest BCUT2D eigenvalue weighted by Gasteiger charge is -2.32. The topological polar surface area (TPSA) is 182 Å². The van der Waals surface area contributed by atoms with Crippen LogP contribution in [0.2, 0.25) is 0 Å². The fourth-order valence-corrected chi connectivity index (χ4v) is 6.46. The van der Waals surface area contributed by atoms with Gasteiger partial charge in [-0.25, -0.2) is 31.9 Å². The lowest BCUT2D eigenvalue weighted by atomic mass is 10.2. The zero-order valence-electron chi connectivity index (χ0n) is 23.8. The van der Waals surface area contributed by atoms with Crippen LogP contribution in [0.3, 0.4) is 0 Å². The van der Waals surface area contributed by atoms with E-state index >= 15 is 0 Å². The summed E-state index contributed by atoms with van der Waals surface area (Å²) in [6, 6.07) is 9.76. The Bertz CT molecular complexity index is 2030. The Morgan fingerprint density at radius 3 is 2.84 bits per heavy atom. The van der Waals surface area contributed by atoms with Crippen LogP contribution in [0.1, 0.15) is 11.1 Å². The fourth-order valence-electron chi connectivity index (χ4n) is 5.08. The van der Waals surface area contributed by atoms with Crippen molar-refractivity contribution in [3.8, 4) is 0 Å². The lowest BCUT2D eigenvalue weighted by molar-refractivity contribution is -0.0203. The molecule has 0 radical (unpaired) electrons. The smallest absolute Gasteiger partial charge is 0.411 e. The second-order valence-corrected chi connectivity index (χ2v) is 12.1. The number of carbonyl (C=O) groups excluding carboxylic acids is 1. The van der Waals surface area contributed by atoms with E-state index in [1.54, 1.807) is 31.3 Å². The minimum atomic E-state index is -3.93. The third-order valence-electron chi connectivity index (χ3n) is 7.24. The van der Waals surface area contributed by atoms with E-state index in [-0.39, 0.29) is 26.4 Å². The molecule has 4 heterocycles. The second-order valence-electron chi connectivity index (χ2n) is 10.3. The molecule has 2 aromatic carbocycles. The minimum Gasteiger partial charge on any atom is -0.465 e. The number of carbonyl (C=O) groups is 2. The molecule has 1 atom stereocenters. The zero-order chi connectivity index (χ0) is 31.7. The number of aryl methyl sites for hydroxylation is 1. The summed E-state index contributed by atoms with van der Waals surface area (Å²) in [5, 5.41) is 24.1. The third kappa shape index (κ3) is 6.20. The highest BCUT2D eigenvalue weighted by Gasteiger charge is 2.28. The SMILES string of the molecule is Cc1c(NC(=O)OCC2COCCN2C(=O)O)cn2ncnc(Nc3ccc4c(cnn4S(=O)(=O)Cc4cccc(F)c4)c3)c12. The summed E-state index contributed by atoms with van der Waals surface area (Å²) in [5.41, 5.74) is 2.81. The Morgan fingerprint density at radius 2 is 2.04 bits per heavy atom. The number of morpholine rings is 1. The van der Waals surface area contributed by atoms with Gasteiger partial charge in [-0.15, -0.1) is 0 Å². The molecule has 1 saturated heterocycles. The predicted molar refractivity (Wildman–Crippen MR) is 159 cm³/mol. The zero-order valence-corrected chi connectivity index (χ0v) is 24.6. The molecule has 3 aromatic heterocycles. The first-order valence-corrected chi connectivity index (χ1v) is 15.3. The number of nitrogens with zero attached hydrogens (tertiary/aromatic N) is 6. The molecule has 1 fully saturated rings. The van der Waals surface area contributed by atoms with Crippen LogP contribution in [0.15, 0.2) is 61.2 Å². The number of rotatable bonds is 8. The molecule has 5 aromatic rings. The number of hydrogen-bond donors (Lipinski definition) is 3. The van der Waals surface area contributed by atoms with Crippen molar-refractivity contribution >= 4 is 55.8 Å². The van der Waals surface area contributed by atoms with Gasteiger partial charge in [0.25, 0.3) is 10.0 Å². The van der Waals surface area contributed by atoms with Gasteiger partial charge in [0, 0.05) is 23.2 Å². The largest absolute Gasteiger partial charge is 0.465 e. The number of ether oxygens (including phenoxy) is 2. The van der Waals surface area contributed by atoms with E-state index in [9.17, 15) is 27.5 Å². The van der Waals surface area contributed by atoms with E-state index in [1.165, 1.54) is 46.2 Å². The first-order chi connectivity index (χ1) is 21.6. The van der Waals surface area contributed by atoms with Gasteiger partial charge in [0.05, 0.1) is 48.6 Å². The number of benzene rings is 2. The first kappa shape index (κ1) is 29.8. The monoisotopic (exact) mass is 638 g/mol. The van der Waals surface area contributed by atoms with E-state index in [0.717, 1.165) is 4.09 Å². The highest BCUT2D eigenvalue weighted by Crippen LogP contribution is 2.30. The molecule has 1 aliphatic rings. The molecule has 3 N–H and O–H groups in total. The number of carboxylic acid groups (broad SMARTS) is 1. The molecule has 1 aliphatic heterocycles. The second kappa shape index (κ2) is 12.0. The number of nitrogens with one attached hydrogen (secondary N) is 2. The van der Waals surface area contributed by atoms with Crippen LogP contribution >= 0.6 is 0 Å². The molecule has 2 amide bonds. The number of halogens is 1. The van der Waals surface area contributed by atoms with E-state index < -0.39 is 39.8 Å². The first-order valence-electron chi connectivity index (χ1n) is 13.7. The van der Waals surface area contributed by atoms with E-state index in [1.807, 2.05) is 0 Å². The van der Waals surface area contributed by atoms with Gasteiger partial charge in [0.1, 0.15) is 24.3 Å². The summed E-state index contributed by atoms with van der Waals surface area (Å²) in [7, 11) is -3.93. The Morgan fingerprint density at radius 1 is 1.20 bits per heavy atom. The standard InChI is InChI=1S/C28H27FN8O7S/c1-17-23(34-27(38)44-14-22-13-43-8-7-35(22)28(39)40)12-36-25(17)26(30-16-32-36)33-21-5-6-24-19(10-21)11-31-37(24)45(41,42)15-18-3-2-4-20(29)9-18/h2-6,9-12,16,22H,7-8,13-15H2,1H3,(H,34,38)(H,39,40)(H,30,32,33). The average Bonchev–Trinajstić information content (AvgIpc) is 3.57. The molecule has 17 heteroatoms. The Hall–Kier alpha value is -5.29. The molecule has 0 bridgehead atoms. The van der Waals surface area contributed by atoms with E-state index in [0.29, 0.717) is 44.7 Å². The minimum absolute atomic E-state index is 0.122. The van der Waals surface area contributed by atoms with Crippen LogP contribution in [0.4, 0.5) is 31.2 Å². The molecule has 234 valence electrons. The van der Waals surface area contributed by atoms with E-state index in [4.69, 9.17) is 9.47 Å². The summed E-state index contributed by atoms with van der Waals surface area (Å²) in [4.78, 5) is 29.5. The molecular weight excluding hydrogens is 611 g/mol. The quantitative estimate of drug-likeness (QED) is 0.226. The van der Waals surface area contributed by atoms with Crippen molar-refractivity contribution in [2.75, 3.05) is 37.0 Å². The third-order valence-corrected chi connectivity index (χ3v) is 8.76. The van der Waals surface area contributed by atoms with Gasteiger partial charge in [-0.1, -0.05) is 12.1 Å². The Labute approximate surface area is 255 Å². The summed E-state index contributed by atoms with van der Waals surface area (Å²) in [5.74, 6) is -0.540.